The van der Waals surface area contributed by atoms with Crippen molar-refractivity contribution in [3.05, 3.63) is 318 Å². The van der Waals surface area contributed by atoms with E-state index in [0.29, 0.717) is 0 Å². The molecule has 0 radical (unpaired) electrons. The molecule has 12 aromatic rings. The van der Waals surface area contributed by atoms with Gasteiger partial charge in [0.2, 0.25) is 0 Å². The summed E-state index contributed by atoms with van der Waals surface area (Å²) < 4.78 is 0. The van der Waals surface area contributed by atoms with Crippen LogP contribution in [0.5, 0.6) is 0 Å². The third-order valence-electron chi connectivity index (χ3n) is 16.4. The van der Waals surface area contributed by atoms with Gasteiger partial charge in [0.15, 0.2) is 0 Å². The van der Waals surface area contributed by atoms with E-state index in [1.165, 1.54) is 99.8 Å². The van der Waals surface area contributed by atoms with Gasteiger partial charge in [0.25, 0.3) is 0 Å². The van der Waals surface area contributed by atoms with E-state index < -0.39 is 5.41 Å². The number of hydrogen-bond acceptors (Lipinski definition) is 1. The highest BCUT2D eigenvalue weighted by atomic mass is 15.1. The maximum atomic E-state index is 2.46. The molecule has 2 aliphatic rings. The number of para-hydroxylation sites is 1. The van der Waals surface area contributed by atoms with Crippen LogP contribution in [0.25, 0.3) is 77.5 Å². The molecule has 0 saturated heterocycles. The Kier molecular flexibility index (Phi) is 10.5. The van der Waals surface area contributed by atoms with Gasteiger partial charge in [-0.25, -0.2) is 0 Å². The van der Waals surface area contributed by atoms with E-state index in [1.807, 2.05) is 0 Å². The molecule has 1 heteroatoms. The van der Waals surface area contributed by atoms with Crippen LogP contribution < -0.4 is 4.90 Å². The molecule has 14 rings (SSSR count). The Morgan fingerprint density at radius 3 is 1.36 bits per heavy atom. The standard InChI is InChI=1S/C74H53N/c1-73(2)68-32-14-11-29-64(68)66-45-39-53(48-70(66)73)50-35-41-59(42-36-50)75(72-34-16-13-28-63(72)56-22-17-21-55(47-56)62-31-18-20-52-19-9-10-27-61(52)62)60-43-37-51(38-44-60)54-40-46-67-65-30-12-15-33-69(65)74(71(67)49-54,57-23-5-3-6-24-57)58-25-7-4-8-26-58/h3-49H,1-2H3. The lowest BCUT2D eigenvalue weighted by atomic mass is 9.67. The van der Waals surface area contributed by atoms with E-state index in [4.69, 9.17) is 0 Å². The van der Waals surface area contributed by atoms with E-state index in [-0.39, 0.29) is 5.41 Å². The summed E-state index contributed by atoms with van der Waals surface area (Å²) in [6.07, 6.45) is 0. The Balaban J connectivity index is 0.888. The molecule has 0 saturated carbocycles. The summed E-state index contributed by atoms with van der Waals surface area (Å²) in [6, 6.07) is 106. The third-order valence-corrected chi connectivity index (χ3v) is 16.4. The number of benzene rings is 12. The first kappa shape index (κ1) is 44.4. The van der Waals surface area contributed by atoms with Gasteiger partial charge in [0.1, 0.15) is 0 Å². The molecule has 0 bridgehead atoms. The summed E-state index contributed by atoms with van der Waals surface area (Å²) >= 11 is 0. The van der Waals surface area contributed by atoms with Crippen LogP contribution >= 0.6 is 0 Å². The van der Waals surface area contributed by atoms with Crippen molar-refractivity contribution in [1.82, 2.24) is 0 Å². The first-order valence-electron chi connectivity index (χ1n) is 26.2. The molecule has 354 valence electrons. The average molecular weight is 956 g/mol. The second-order valence-corrected chi connectivity index (χ2v) is 20.8. The van der Waals surface area contributed by atoms with Crippen LogP contribution in [-0.2, 0) is 10.8 Å². The molecular weight excluding hydrogens is 903 g/mol. The van der Waals surface area contributed by atoms with Crippen LogP contribution in [0.1, 0.15) is 47.2 Å². The van der Waals surface area contributed by atoms with E-state index in [2.05, 4.69) is 304 Å². The molecular formula is C74H53N. The summed E-state index contributed by atoms with van der Waals surface area (Å²) in [7, 11) is 0. The zero-order chi connectivity index (χ0) is 50.1. The first-order chi connectivity index (χ1) is 36.9. The SMILES string of the molecule is CC1(C)c2ccccc2-c2ccc(-c3ccc(N(c4ccc(-c5ccc6c(c5)C(c5ccccc5)(c5ccccc5)c5ccccc5-6)cc4)c4ccccc4-c4cccc(-c5cccc6ccccc56)c4)cc3)cc21. The lowest BCUT2D eigenvalue weighted by Crippen LogP contribution is -2.28. The highest BCUT2D eigenvalue weighted by Gasteiger charge is 2.46. The Morgan fingerprint density at radius 2 is 0.707 bits per heavy atom. The molecule has 0 atom stereocenters. The van der Waals surface area contributed by atoms with Gasteiger partial charge in [0.05, 0.1) is 11.1 Å². The topological polar surface area (TPSA) is 3.24 Å². The molecule has 0 heterocycles. The predicted octanol–water partition coefficient (Wildman–Crippen LogP) is 19.6. The molecule has 12 aromatic carbocycles. The third kappa shape index (κ3) is 7.14. The minimum atomic E-state index is -0.469. The monoisotopic (exact) mass is 955 g/mol. The summed E-state index contributed by atoms with van der Waals surface area (Å²) in [5.74, 6) is 0. The highest BCUT2D eigenvalue weighted by molar-refractivity contribution is 5.98. The number of rotatable bonds is 9. The molecule has 0 fully saturated rings. The van der Waals surface area contributed by atoms with Crippen molar-refractivity contribution in [1.29, 1.82) is 0 Å². The summed E-state index contributed by atoms with van der Waals surface area (Å²) in [4.78, 5) is 2.44. The zero-order valence-corrected chi connectivity index (χ0v) is 42.1. The van der Waals surface area contributed by atoms with Crippen molar-refractivity contribution in [2.45, 2.75) is 24.7 Å². The van der Waals surface area contributed by atoms with Crippen LogP contribution in [-0.4, -0.2) is 0 Å². The summed E-state index contributed by atoms with van der Waals surface area (Å²) in [5.41, 5.74) is 25.4. The van der Waals surface area contributed by atoms with Crippen LogP contribution in [0, 0.1) is 0 Å². The van der Waals surface area contributed by atoms with E-state index in [0.717, 1.165) is 28.2 Å². The van der Waals surface area contributed by atoms with Gasteiger partial charge in [-0.05, 0) is 154 Å². The maximum Gasteiger partial charge on any atom is 0.0713 e. The van der Waals surface area contributed by atoms with Gasteiger partial charge in [-0.2, -0.15) is 0 Å². The quantitative estimate of drug-likeness (QED) is 0.139. The van der Waals surface area contributed by atoms with Gasteiger partial charge >= 0.3 is 0 Å². The Labute approximate surface area is 440 Å². The Hall–Kier alpha value is -9.30. The number of anilines is 3. The van der Waals surface area contributed by atoms with Gasteiger partial charge in [0, 0.05) is 22.4 Å². The van der Waals surface area contributed by atoms with Crippen LogP contribution in [0.4, 0.5) is 17.1 Å². The zero-order valence-electron chi connectivity index (χ0n) is 42.1. The van der Waals surface area contributed by atoms with Gasteiger partial charge in [-0.3, -0.25) is 0 Å². The smallest absolute Gasteiger partial charge is 0.0713 e. The van der Waals surface area contributed by atoms with E-state index in [1.54, 1.807) is 0 Å². The number of nitrogens with zero attached hydrogens (tertiary/aromatic N) is 1. The molecule has 1 nitrogen and oxygen atoms in total. The van der Waals surface area contributed by atoms with Crippen molar-refractivity contribution in [2.24, 2.45) is 0 Å². The largest absolute Gasteiger partial charge is 0.310 e. The van der Waals surface area contributed by atoms with Crippen LogP contribution in [0.3, 0.4) is 0 Å². The van der Waals surface area contributed by atoms with Crippen LogP contribution in [0.15, 0.2) is 285 Å². The highest BCUT2D eigenvalue weighted by Crippen LogP contribution is 2.57. The van der Waals surface area contributed by atoms with E-state index >= 15 is 0 Å². The van der Waals surface area contributed by atoms with Gasteiger partial charge in [-0.15, -0.1) is 0 Å². The van der Waals surface area contributed by atoms with Crippen molar-refractivity contribution in [3.63, 3.8) is 0 Å². The minimum Gasteiger partial charge on any atom is -0.310 e. The van der Waals surface area contributed by atoms with Crippen molar-refractivity contribution in [2.75, 3.05) is 4.90 Å². The van der Waals surface area contributed by atoms with Gasteiger partial charge < -0.3 is 4.90 Å². The molecule has 0 aliphatic heterocycles. The average Bonchev–Trinajstić information content (AvgIpc) is 4.02. The van der Waals surface area contributed by atoms with Crippen LogP contribution in [0.2, 0.25) is 0 Å². The molecule has 0 amide bonds. The van der Waals surface area contributed by atoms with Crippen molar-refractivity contribution < 1.29 is 0 Å². The maximum absolute atomic E-state index is 2.46. The lowest BCUT2D eigenvalue weighted by molar-refractivity contribution is 0.660. The Bertz CT molecular complexity index is 4080. The minimum absolute atomic E-state index is 0.0723. The number of fused-ring (bicyclic) bond motifs is 7. The fourth-order valence-corrected chi connectivity index (χ4v) is 12.8. The van der Waals surface area contributed by atoms with Gasteiger partial charge in [-0.1, -0.05) is 250 Å². The predicted molar refractivity (Wildman–Crippen MR) is 315 cm³/mol. The number of hydrogen-bond donors (Lipinski definition) is 0. The molecule has 0 spiro atoms. The second-order valence-electron chi connectivity index (χ2n) is 20.8. The first-order valence-corrected chi connectivity index (χ1v) is 26.2. The summed E-state index contributed by atoms with van der Waals surface area (Å²) in [6.45, 7) is 4.71. The fraction of sp³-hybridized carbons (Fsp3) is 0.0541. The second kappa shape index (κ2) is 17.7. The van der Waals surface area contributed by atoms with Crippen molar-refractivity contribution >= 4 is 27.8 Å². The van der Waals surface area contributed by atoms with E-state index in [9.17, 15) is 0 Å². The van der Waals surface area contributed by atoms with Crippen molar-refractivity contribution in [3.8, 4) is 66.8 Å². The molecule has 0 unspecified atom stereocenters. The summed E-state index contributed by atoms with van der Waals surface area (Å²) in [5, 5.41) is 2.49. The molecule has 75 heavy (non-hydrogen) atoms. The molecule has 2 aliphatic carbocycles. The lowest BCUT2D eigenvalue weighted by Gasteiger charge is -2.34. The normalized spacial score (nSPS) is 13.4. The Morgan fingerprint density at radius 1 is 0.267 bits per heavy atom. The molecule has 0 N–H and O–H groups in total. The molecule has 0 aromatic heterocycles. The fourth-order valence-electron chi connectivity index (χ4n) is 12.8.